The maximum absolute atomic E-state index is 13.3. The fourth-order valence-electron chi connectivity index (χ4n) is 4.33. The summed E-state index contributed by atoms with van der Waals surface area (Å²) in [6.45, 7) is 6.52. The zero-order chi connectivity index (χ0) is 20.3. The van der Waals surface area contributed by atoms with Crippen molar-refractivity contribution in [1.29, 1.82) is 0 Å². The lowest BCUT2D eigenvalue weighted by molar-refractivity contribution is 0.103. The number of hydrogen-bond donors (Lipinski definition) is 0. The van der Waals surface area contributed by atoms with Crippen LogP contribution in [0.2, 0.25) is 0 Å². The van der Waals surface area contributed by atoms with Gasteiger partial charge in [0.15, 0.2) is 5.78 Å². The predicted molar refractivity (Wildman–Crippen MR) is 120 cm³/mol. The Morgan fingerprint density at radius 1 is 0.897 bits per heavy atom. The molecule has 2 atom stereocenters. The Balaban J connectivity index is 1.80. The molecule has 0 spiro atoms. The third-order valence-corrected chi connectivity index (χ3v) is 6.12. The monoisotopic (exact) mass is 377 g/mol. The molecule has 1 nitrogen and oxygen atoms in total. The number of carbonyl (C=O) groups excluding carboxylic acids is 1. The standard InChI is InChI=1S/C28H25O/c1-21-12-11-19-28(22(21)2,25-16-7-4-8-17-25)20-24-15-9-10-18-26(24)27(29)23-13-5-3-6-14-23/h3-19,22H,1,20H2,2H3. The largest absolute Gasteiger partial charge is 0.289 e. The van der Waals surface area contributed by atoms with E-state index in [1.165, 1.54) is 5.56 Å². The Hall–Kier alpha value is -3.19. The van der Waals surface area contributed by atoms with E-state index in [4.69, 9.17) is 0 Å². The number of rotatable bonds is 5. The summed E-state index contributed by atoms with van der Waals surface area (Å²) in [5.41, 5.74) is 4.69. The van der Waals surface area contributed by atoms with Crippen LogP contribution in [0.4, 0.5) is 0 Å². The molecule has 1 aliphatic carbocycles. The van der Waals surface area contributed by atoms with Gasteiger partial charge in [-0.2, -0.15) is 0 Å². The van der Waals surface area contributed by atoms with Gasteiger partial charge in [-0.3, -0.25) is 4.79 Å². The van der Waals surface area contributed by atoms with Crippen LogP contribution in [0.25, 0.3) is 0 Å². The smallest absolute Gasteiger partial charge is 0.193 e. The van der Waals surface area contributed by atoms with Crippen molar-refractivity contribution < 1.29 is 4.79 Å². The van der Waals surface area contributed by atoms with Gasteiger partial charge < -0.3 is 0 Å². The minimum absolute atomic E-state index is 0.0715. The molecule has 1 radical (unpaired) electrons. The lowest BCUT2D eigenvalue weighted by Crippen LogP contribution is -2.36. The first-order chi connectivity index (χ1) is 14.1. The first-order valence-electron chi connectivity index (χ1n) is 10.1. The third-order valence-electron chi connectivity index (χ3n) is 6.12. The van der Waals surface area contributed by atoms with Crippen LogP contribution in [0.3, 0.4) is 0 Å². The van der Waals surface area contributed by atoms with Crippen LogP contribution in [0, 0.1) is 12.8 Å². The normalized spacial score (nSPS) is 20.9. The first-order valence-corrected chi connectivity index (χ1v) is 10.1. The molecule has 0 fully saturated rings. The number of ketones is 1. The molecule has 0 amide bonds. The summed E-state index contributed by atoms with van der Waals surface area (Å²) < 4.78 is 0. The fourth-order valence-corrected chi connectivity index (χ4v) is 4.33. The van der Waals surface area contributed by atoms with Gasteiger partial charge in [0.1, 0.15) is 0 Å². The second-order valence-corrected chi connectivity index (χ2v) is 7.76. The number of hydrogen-bond acceptors (Lipinski definition) is 1. The molecular formula is C28H25O. The van der Waals surface area contributed by atoms with Crippen LogP contribution in [-0.2, 0) is 11.8 Å². The molecule has 0 heterocycles. The van der Waals surface area contributed by atoms with Crippen molar-refractivity contribution in [2.75, 3.05) is 0 Å². The molecule has 1 heteroatoms. The highest BCUT2D eigenvalue weighted by Gasteiger charge is 2.38. The first kappa shape index (κ1) is 19.1. The maximum Gasteiger partial charge on any atom is 0.193 e. The van der Waals surface area contributed by atoms with Gasteiger partial charge in [-0.15, -0.1) is 0 Å². The molecule has 0 aromatic heterocycles. The van der Waals surface area contributed by atoms with Crippen LogP contribution in [-0.4, -0.2) is 5.78 Å². The van der Waals surface area contributed by atoms with Gasteiger partial charge in [0.2, 0.25) is 0 Å². The average molecular weight is 378 g/mol. The number of carbonyl (C=O) groups is 1. The van der Waals surface area contributed by atoms with Crippen molar-refractivity contribution in [1.82, 2.24) is 0 Å². The van der Waals surface area contributed by atoms with Crippen LogP contribution < -0.4 is 0 Å². The maximum atomic E-state index is 13.3. The van der Waals surface area contributed by atoms with Crippen LogP contribution >= 0.6 is 0 Å². The average Bonchev–Trinajstić information content (AvgIpc) is 2.78. The molecule has 1 aliphatic rings. The van der Waals surface area contributed by atoms with Crippen molar-refractivity contribution in [3.05, 3.63) is 138 Å². The van der Waals surface area contributed by atoms with E-state index < -0.39 is 0 Å². The molecule has 143 valence electrons. The van der Waals surface area contributed by atoms with E-state index in [0.29, 0.717) is 0 Å². The Labute approximate surface area is 173 Å². The summed E-state index contributed by atoms with van der Waals surface area (Å²) in [6.07, 6.45) is 7.23. The highest BCUT2D eigenvalue weighted by Crippen LogP contribution is 2.43. The summed E-state index contributed by atoms with van der Waals surface area (Å²) in [4.78, 5) is 13.3. The predicted octanol–water partition coefficient (Wildman–Crippen LogP) is 6.36. The lowest BCUT2D eigenvalue weighted by Gasteiger charge is -2.40. The third kappa shape index (κ3) is 3.61. The van der Waals surface area contributed by atoms with Crippen LogP contribution in [0.1, 0.15) is 34.0 Å². The van der Waals surface area contributed by atoms with E-state index >= 15 is 0 Å². The van der Waals surface area contributed by atoms with E-state index in [1.54, 1.807) is 0 Å². The van der Waals surface area contributed by atoms with Crippen LogP contribution in [0.15, 0.2) is 109 Å². The minimum atomic E-state index is -0.236. The van der Waals surface area contributed by atoms with Gasteiger partial charge >= 0.3 is 0 Å². The van der Waals surface area contributed by atoms with E-state index in [0.717, 1.165) is 28.7 Å². The van der Waals surface area contributed by atoms with Gasteiger partial charge in [-0.1, -0.05) is 116 Å². The summed E-state index contributed by atoms with van der Waals surface area (Å²) in [5.74, 6) is 0.303. The van der Waals surface area contributed by atoms with Crippen molar-refractivity contribution >= 4 is 5.78 Å². The lowest BCUT2D eigenvalue weighted by atomic mass is 9.63. The summed E-state index contributed by atoms with van der Waals surface area (Å²) in [6, 6.07) is 28.1. The van der Waals surface area contributed by atoms with E-state index in [9.17, 15) is 4.79 Å². The molecule has 2 unspecified atom stereocenters. The molecule has 3 aromatic carbocycles. The Morgan fingerprint density at radius 3 is 2.24 bits per heavy atom. The zero-order valence-electron chi connectivity index (χ0n) is 16.7. The van der Waals surface area contributed by atoms with Crippen molar-refractivity contribution in [3.63, 3.8) is 0 Å². The van der Waals surface area contributed by atoms with E-state index in [1.807, 2.05) is 54.6 Å². The molecule has 0 aliphatic heterocycles. The molecule has 0 saturated carbocycles. The summed E-state index contributed by atoms with van der Waals surface area (Å²) in [5, 5.41) is 0. The minimum Gasteiger partial charge on any atom is -0.289 e. The zero-order valence-corrected chi connectivity index (χ0v) is 16.7. The van der Waals surface area contributed by atoms with Crippen LogP contribution in [0.5, 0.6) is 0 Å². The number of benzene rings is 3. The molecule has 0 saturated heterocycles. The molecule has 29 heavy (non-hydrogen) atoms. The summed E-state index contributed by atoms with van der Waals surface area (Å²) in [7, 11) is 0. The number of allylic oxidation sites excluding steroid dienone is 4. The molecular weight excluding hydrogens is 352 g/mol. The van der Waals surface area contributed by atoms with Gasteiger partial charge in [-0.05, 0) is 30.4 Å². The highest BCUT2D eigenvalue weighted by atomic mass is 16.1. The Kier molecular flexibility index (Phi) is 5.31. The van der Waals surface area contributed by atoms with E-state index in [2.05, 4.69) is 62.4 Å². The SMILES string of the molecule is [CH2]C1=CC=CC(Cc2ccccc2C(=O)c2ccccc2)(c2ccccc2)C1C. The molecule has 4 rings (SSSR count). The fraction of sp³-hybridized carbons (Fsp3) is 0.143. The molecule has 0 bridgehead atoms. The van der Waals surface area contributed by atoms with Gasteiger partial charge in [0.05, 0.1) is 0 Å². The Morgan fingerprint density at radius 2 is 1.52 bits per heavy atom. The van der Waals surface area contributed by atoms with Gasteiger partial charge in [0, 0.05) is 16.5 Å². The second-order valence-electron chi connectivity index (χ2n) is 7.76. The van der Waals surface area contributed by atoms with Crippen molar-refractivity contribution in [2.45, 2.75) is 18.8 Å². The molecule has 3 aromatic rings. The van der Waals surface area contributed by atoms with Crippen molar-refractivity contribution in [3.8, 4) is 0 Å². The molecule has 0 N–H and O–H groups in total. The van der Waals surface area contributed by atoms with Gasteiger partial charge in [-0.25, -0.2) is 0 Å². The van der Waals surface area contributed by atoms with E-state index in [-0.39, 0.29) is 17.1 Å². The Bertz CT molecular complexity index is 1060. The topological polar surface area (TPSA) is 17.1 Å². The summed E-state index contributed by atoms with van der Waals surface area (Å²) >= 11 is 0. The van der Waals surface area contributed by atoms with Crippen molar-refractivity contribution in [2.24, 2.45) is 5.92 Å². The highest BCUT2D eigenvalue weighted by molar-refractivity contribution is 6.09. The van der Waals surface area contributed by atoms with Gasteiger partial charge in [0.25, 0.3) is 0 Å². The second kappa shape index (κ2) is 8.05. The quantitative estimate of drug-likeness (QED) is 0.473.